The summed E-state index contributed by atoms with van der Waals surface area (Å²) >= 11 is 0. The molecule has 0 aromatic heterocycles. The number of rotatable bonds is 6. The minimum atomic E-state index is -3.09. The molecule has 0 N–H and O–H groups in total. The fourth-order valence-electron chi connectivity index (χ4n) is 1.76. The molecule has 1 rings (SSSR count). The van der Waals surface area contributed by atoms with Crippen LogP contribution in [0.5, 0.6) is 0 Å². The third-order valence-corrected chi connectivity index (χ3v) is 4.16. The van der Waals surface area contributed by atoms with Gasteiger partial charge in [-0.15, -0.1) is 0 Å². The van der Waals surface area contributed by atoms with Crippen LogP contribution in [0.25, 0.3) is 0 Å². The van der Waals surface area contributed by atoms with Crippen LogP contribution in [0.3, 0.4) is 0 Å². The van der Waals surface area contributed by atoms with Crippen LogP contribution in [0.4, 0.5) is 0 Å². The summed E-state index contributed by atoms with van der Waals surface area (Å²) in [5.41, 5.74) is 1.77. The average molecular weight is 266 g/mol. The molecule has 4 nitrogen and oxygen atoms in total. The van der Waals surface area contributed by atoms with Gasteiger partial charge in [-0.25, -0.2) is 12.7 Å². The number of hydrogen-bond donors (Lipinski definition) is 0. The molecule has 0 aliphatic heterocycles. The standard InChI is InChI=1S/C13H18N2O2S/c1-3-15(18(2,16)17)10-4-5-12-6-8-13(11-14)9-7-12/h6-9H,3-5,10H2,1-2H3. The predicted octanol–water partition coefficient (Wildman–Crippen LogP) is 1.77. The molecule has 0 bridgehead atoms. The van der Waals surface area contributed by atoms with E-state index in [0.717, 1.165) is 18.4 Å². The Kier molecular flexibility index (Phi) is 5.32. The van der Waals surface area contributed by atoms with Gasteiger partial charge in [0.2, 0.25) is 10.0 Å². The lowest BCUT2D eigenvalue weighted by molar-refractivity contribution is 0.425. The fourth-order valence-corrected chi connectivity index (χ4v) is 2.69. The summed E-state index contributed by atoms with van der Waals surface area (Å²) in [5, 5.41) is 8.68. The van der Waals surface area contributed by atoms with Gasteiger partial charge < -0.3 is 0 Å². The molecule has 0 fully saturated rings. The first-order chi connectivity index (χ1) is 8.47. The van der Waals surface area contributed by atoms with Gasteiger partial charge in [-0.2, -0.15) is 5.26 Å². The van der Waals surface area contributed by atoms with Gasteiger partial charge in [0.25, 0.3) is 0 Å². The van der Waals surface area contributed by atoms with Gasteiger partial charge in [-0.1, -0.05) is 19.1 Å². The molecule has 0 heterocycles. The van der Waals surface area contributed by atoms with Crippen LogP contribution < -0.4 is 0 Å². The summed E-state index contributed by atoms with van der Waals surface area (Å²) < 4.78 is 24.2. The molecule has 18 heavy (non-hydrogen) atoms. The highest BCUT2D eigenvalue weighted by atomic mass is 32.2. The van der Waals surface area contributed by atoms with Crippen molar-refractivity contribution in [3.8, 4) is 6.07 Å². The smallest absolute Gasteiger partial charge is 0.211 e. The maximum atomic E-state index is 11.4. The Labute approximate surface area is 109 Å². The van der Waals surface area contributed by atoms with E-state index in [1.165, 1.54) is 10.6 Å². The van der Waals surface area contributed by atoms with Crippen molar-refractivity contribution in [3.63, 3.8) is 0 Å². The topological polar surface area (TPSA) is 61.2 Å². The highest BCUT2D eigenvalue weighted by Crippen LogP contribution is 2.07. The van der Waals surface area contributed by atoms with Gasteiger partial charge in [0.05, 0.1) is 17.9 Å². The van der Waals surface area contributed by atoms with E-state index in [1.807, 2.05) is 19.1 Å². The van der Waals surface area contributed by atoms with Crippen LogP contribution in [-0.2, 0) is 16.4 Å². The van der Waals surface area contributed by atoms with E-state index in [9.17, 15) is 8.42 Å². The highest BCUT2D eigenvalue weighted by Gasteiger charge is 2.13. The lowest BCUT2D eigenvalue weighted by Crippen LogP contribution is -2.30. The van der Waals surface area contributed by atoms with Crippen LogP contribution in [0.15, 0.2) is 24.3 Å². The Morgan fingerprint density at radius 2 is 1.89 bits per heavy atom. The van der Waals surface area contributed by atoms with E-state index in [0.29, 0.717) is 18.7 Å². The number of nitriles is 1. The molecule has 0 aliphatic carbocycles. The Morgan fingerprint density at radius 1 is 1.28 bits per heavy atom. The molecule has 1 aromatic rings. The summed E-state index contributed by atoms with van der Waals surface area (Å²) in [6.45, 7) is 2.88. The van der Waals surface area contributed by atoms with Gasteiger partial charge in [0.15, 0.2) is 0 Å². The van der Waals surface area contributed by atoms with Crippen molar-refractivity contribution in [2.75, 3.05) is 19.3 Å². The molecule has 0 radical (unpaired) electrons. The van der Waals surface area contributed by atoms with Crippen molar-refractivity contribution in [1.82, 2.24) is 4.31 Å². The monoisotopic (exact) mass is 266 g/mol. The van der Waals surface area contributed by atoms with Crippen LogP contribution >= 0.6 is 0 Å². The lowest BCUT2D eigenvalue weighted by atomic mass is 10.1. The van der Waals surface area contributed by atoms with E-state index >= 15 is 0 Å². The Hall–Kier alpha value is -1.38. The third kappa shape index (κ3) is 4.47. The summed E-state index contributed by atoms with van der Waals surface area (Å²) in [6, 6.07) is 9.46. The quantitative estimate of drug-likeness (QED) is 0.788. The summed E-state index contributed by atoms with van der Waals surface area (Å²) in [7, 11) is -3.09. The summed E-state index contributed by atoms with van der Waals surface area (Å²) in [5.74, 6) is 0. The Morgan fingerprint density at radius 3 is 2.33 bits per heavy atom. The van der Waals surface area contributed by atoms with Crippen molar-refractivity contribution in [2.45, 2.75) is 19.8 Å². The normalized spacial score (nSPS) is 11.4. The fraction of sp³-hybridized carbons (Fsp3) is 0.462. The largest absolute Gasteiger partial charge is 0.213 e. The molecule has 1 aromatic carbocycles. The van der Waals surface area contributed by atoms with Crippen molar-refractivity contribution in [3.05, 3.63) is 35.4 Å². The van der Waals surface area contributed by atoms with Crippen LogP contribution in [-0.4, -0.2) is 32.1 Å². The SMILES string of the molecule is CCN(CCCc1ccc(C#N)cc1)S(C)(=O)=O. The molecule has 0 amide bonds. The first kappa shape index (κ1) is 14.7. The molecule has 5 heteroatoms. The Bertz CT molecular complexity index is 515. The van der Waals surface area contributed by atoms with Crippen LogP contribution in [0.2, 0.25) is 0 Å². The number of sulfonamides is 1. The van der Waals surface area contributed by atoms with Gasteiger partial charge in [0.1, 0.15) is 0 Å². The molecule has 0 unspecified atom stereocenters. The summed E-state index contributed by atoms with van der Waals surface area (Å²) in [4.78, 5) is 0. The van der Waals surface area contributed by atoms with Gasteiger partial charge in [-0.3, -0.25) is 0 Å². The van der Waals surface area contributed by atoms with Gasteiger partial charge >= 0.3 is 0 Å². The molecule has 0 atom stereocenters. The van der Waals surface area contributed by atoms with Crippen molar-refractivity contribution in [1.29, 1.82) is 5.26 Å². The first-order valence-corrected chi connectivity index (χ1v) is 7.76. The van der Waals surface area contributed by atoms with Crippen molar-refractivity contribution in [2.24, 2.45) is 0 Å². The predicted molar refractivity (Wildman–Crippen MR) is 71.6 cm³/mol. The molecule has 0 saturated carbocycles. The van der Waals surface area contributed by atoms with Crippen molar-refractivity contribution >= 4 is 10.0 Å². The molecular formula is C13H18N2O2S. The minimum absolute atomic E-state index is 0.506. The van der Waals surface area contributed by atoms with E-state index < -0.39 is 10.0 Å². The molecule has 0 saturated heterocycles. The molecular weight excluding hydrogens is 248 g/mol. The second kappa shape index (κ2) is 6.53. The zero-order valence-corrected chi connectivity index (χ0v) is 11.6. The van der Waals surface area contributed by atoms with Crippen molar-refractivity contribution < 1.29 is 8.42 Å². The van der Waals surface area contributed by atoms with Crippen LogP contribution in [0, 0.1) is 11.3 Å². The third-order valence-electron chi connectivity index (χ3n) is 2.78. The number of aryl methyl sites for hydroxylation is 1. The van der Waals surface area contributed by atoms with E-state index in [4.69, 9.17) is 5.26 Å². The average Bonchev–Trinajstić information content (AvgIpc) is 2.34. The first-order valence-electron chi connectivity index (χ1n) is 5.91. The zero-order chi connectivity index (χ0) is 13.6. The van der Waals surface area contributed by atoms with E-state index in [2.05, 4.69) is 6.07 Å². The lowest BCUT2D eigenvalue weighted by Gasteiger charge is -2.17. The summed E-state index contributed by atoms with van der Waals surface area (Å²) in [6.07, 6.45) is 2.84. The number of nitrogens with zero attached hydrogens (tertiary/aromatic N) is 2. The second-order valence-corrected chi connectivity index (χ2v) is 6.15. The van der Waals surface area contributed by atoms with E-state index in [-0.39, 0.29) is 0 Å². The maximum Gasteiger partial charge on any atom is 0.211 e. The maximum absolute atomic E-state index is 11.4. The highest BCUT2D eigenvalue weighted by molar-refractivity contribution is 7.88. The second-order valence-electron chi connectivity index (χ2n) is 4.17. The molecule has 98 valence electrons. The molecule has 0 aliphatic rings. The minimum Gasteiger partial charge on any atom is -0.213 e. The van der Waals surface area contributed by atoms with Crippen LogP contribution in [0.1, 0.15) is 24.5 Å². The molecule has 0 spiro atoms. The van der Waals surface area contributed by atoms with Gasteiger partial charge in [-0.05, 0) is 30.5 Å². The number of benzene rings is 1. The number of hydrogen-bond acceptors (Lipinski definition) is 3. The Balaban J connectivity index is 2.48. The zero-order valence-electron chi connectivity index (χ0n) is 10.8. The van der Waals surface area contributed by atoms with E-state index in [1.54, 1.807) is 12.1 Å². The van der Waals surface area contributed by atoms with Gasteiger partial charge in [0, 0.05) is 13.1 Å².